The van der Waals surface area contributed by atoms with Crippen LogP contribution in [0.25, 0.3) is 0 Å². The van der Waals surface area contributed by atoms with E-state index in [0.29, 0.717) is 28.6 Å². The molecule has 0 saturated heterocycles. The Morgan fingerprint density at radius 1 is 1.35 bits per heavy atom. The molecular weight excluding hydrogens is 298 g/mol. The van der Waals surface area contributed by atoms with Crippen LogP contribution in [0.15, 0.2) is 12.1 Å². The predicted octanol–water partition coefficient (Wildman–Crippen LogP) is 3.40. The van der Waals surface area contributed by atoms with E-state index in [9.17, 15) is 4.79 Å². The average molecular weight is 316 g/mol. The molecule has 1 fully saturated rings. The zero-order valence-corrected chi connectivity index (χ0v) is 13.2. The lowest BCUT2D eigenvalue weighted by atomic mass is 10.1. The first-order chi connectivity index (χ1) is 9.53. The van der Waals surface area contributed by atoms with E-state index < -0.39 is 0 Å². The lowest BCUT2D eigenvalue weighted by Crippen LogP contribution is -2.18. The first-order valence-electron chi connectivity index (χ1n) is 6.36. The topological polar surface area (TPSA) is 47.6 Å². The summed E-state index contributed by atoms with van der Waals surface area (Å²) in [7, 11) is 3.06. The number of rotatable bonds is 6. The smallest absolute Gasteiger partial charge is 0.225 e. The Bertz CT molecular complexity index is 517. The maximum Gasteiger partial charge on any atom is 0.225 e. The van der Waals surface area contributed by atoms with Gasteiger partial charge in [-0.05, 0) is 24.0 Å². The summed E-state index contributed by atoms with van der Waals surface area (Å²) in [5.74, 6) is 1.71. The van der Waals surface area contributed by atoms with Crippen molar-refractivity contribution in [1.82, 2.24) is 0 Å². The zero-order chi connectivity index (χ0) is 14.8. The molecule has 0 bridgehead atoms. The molecule has 0 radical (unpaired) electrons. The van der Waals surface area contributed by atoms with Gasteiger partial charge in [0.25, 0.3) is 0 Å². The van der Waals surface area contributed by atoms with Crippen LogP contribution in [-0.2, 0) is 4.79 Å². The Balaban J connectivity index is 2.13. The lowest BCUT2D eigenvalue weighted by molar-refractivity contribution is -0.117. The third-order valence-corrected chi connectivity index (χ3v) is 4.54. The average Bonchev–Trinajstić information content (AvgIpc) is 3.20. The third kappa shape index (κ3) is 3.33. The first kappa shape index (κ1) is 15.3. The van der Waals surface area contributed by atoms with Gasteiger partial charge in [0.15, 0.2) is 0 Å². The van der Waals surface area contributed by atoms with Crippen molar-refractivity contribution in [3.8, 4) is 11.5 Å². The van der Waals surface area contributed by atoms with Crippen LogP contribution < -0.4 is 14.8 Å². The largest absolute Gasteiger partial charge is 0.495 e. The molecule has 1 aliphatic carbocycles. The molecule has 20 heavy (non-hydrogen) atoms. The lowest BCUT2D eigenvalue weighted by Gasteiger charge is -2.15. The van der Waals surface area contributed by atoms with E-state index in [0.717, 1.165) is 18.6 Å². The van der Waals surface area contributed by atoms with Crippen molar-refractivity contribution >= 4 is 35.8 Å². The summed E-state index contributed by atoms with van der Waals surface area (Å²) >= 11 is 10.3. The second kappa shape index (κ2) is 6.14. The van der Waals surface area contributed by atoms with Gasteiger partial charge in [-0.15, -0.1) is 0 Å². The normalized spacial score (nSPS) is 15.6. The number of benzene rings is 1. The van der Waals surface area contributed by atoms with Crippen molar-refractivity contribution in [3.63, 3.8) is 0 Å². The highest BCUT2D eigenvalue weighted by Crippen LogP contribution is 2.49. The summed E-state index contributed by atoms with van der Waals surface area (Å²) in [5.41, 5.74) is 0.644. The number of anilines is 1. The van der Waals surface area contributed by atoms with E-state index in [2.05, 4.69) is 17.9 Å². The third-order valence-electron chi connectivity index (χ3n) is 3.58. The van der Waals surface area contributed by atoms with Crippen molar-refractivity contribution in [3.05, 3.63) is 17.2 Å². The van der Waals surface area contributed by atoms with Crippen LogP contribution in [0.3, 0.4) is 0 Å². The molecule has 0 heterocycles. The standard InChI is InChI=1S/C14H18ClNO3S/c1-18-11-6-10(12(19-2)5-9(11)15)16-13(17)7-14(8-20)3-4-14/h5-6,20H,3-4,7-8H2,1-2H3,(H,16,17). The Morgan fingerprint density at radius 2 is 2.00 bits per heavy atom. The fourth-order valence-electron chi connectivity index (χ4n) is 2.06. The number of carbonyl (C=O) groups excluding carboxylic acids is 1. The van der Waals surface area contributed by atoms with E-state index >= 15 is 0 Å². The number of nitrogens with one attached hydrogen (secondary N) is 1. The van der Waals surface area contributed by atoms with Gasteiger partial charge in [0.2, 0.25) is 5.91 Å². The fraction of sp³-hybridized carbons (Fsp3) is 0.500. The molecule has 0 atom stereocenters. The highest BCUT2D eigenvalue weighted by molar-refractivity contribution is 7.80. The van der Waals surface area contributed by atoms with Gasteiger partial charge in [-0.25, -0.2) is 0 Å². The number of ether oxygens (including phenoxy) is 2. The number of carbonyl (C=O) groups is 1. The zero-order valence-electron chi connectivity index (χ0n) is 11.5. The highest BCUT2D eigenvalue weighted by atomic mass is 35.5. The maximum absolute atomic E-state index is 12.1. The van der Waals surface area contributed by atoms with E-state index in [4.69, 9.17) is 21.1 Å². The number of methoxy groups -OCH3 is 2. The van der Waals surface area contributed by atoms with Gasteiger partial charge in [-0.3, -0.25) is 4.79 Å². The van der Waals surface area contributed by atoms with Crippen molar-refractivity contribution < 1.29 is 14.3 Å². The summed E-state index contributed by atoms with van der Waals surface area (Å²) in [5, 5.41) is 3.30. The van der Waals surface area contributed by atoms with Crippen molar-refractivity contribution in [2.75, 3.05) is 25.3 Å². The maximum atomic E-state index is 12.1. The number of hydrogen-bond acceptors (Lipinski definition) is 4. The second-order valence-electron chi connectivity index (χ2n) is 5.07. The van der Waals surface area contributed by atoms with Gasteiger partial charge in [0.05, 0.1) is 24.9 Å². The monoisotopic (exact) mass is 315 g/mol. The second-order valence-corrected chi connectivity index (χ2v) is 5.79. The van der Waals surface area contributed by atoms with Crippen LogP contribution in [0, 0.1) is 5.41 Å². The molecule has 110 valence electrons. The van der Waals surface area contributed by atoms with Gasteiger partial charge >= 0.3 is 0 Å². The van der Waals surface area contributed by atoms with Crippen LogP contribution >= 0.6 is 24.2 Å². The van der Waals surface area contributed by atoms with E-state index in [1.54, 1.807) is 12.1 Å². The molecule has 1 N–H and O–H groups in total. The van der Waals surface area contributed by atoms with Gasteiger partial charge < -0.3 is 14.8 Å². The molecule has 0 spiro atoms. The van der Waals surface area contributed by atoms with Crippen LogP contribution in [0.1, 0.15) is 19.3 Å². The van der Waals surface area contributed by atoms with Gasteiger partial charge in [-0.1, -0.05) is 11.6 Å². The van der Waals surface area contributed by atoms with Crippen LogP contribution in [0.2, 0.25) is 5.02 Å². The van der Waals surface area contributed by atoms with Crippen LogP contribution in [-0.4, -0.2) is 25.9 Å². The van der Waals surface area contributed by atoms with Crippen LogP contribution in [0.4, 0.5) is 5.69 Å². The van der Waals surface area contributed by atoms with Crippen molar-refractivity contribution in [2.24, 2.45) is 5.41 Å². The first-order valence-corrected chi connectivity index (χ1v) is 7.37. The molecule has 1 aromatic rings. The molecule has 1 aromatic carbocycles. The molecule has 0 unspecified atom stereocenters. The number of hydrogen-bond donors (Lipinski definition) is 2. The molecule has 2 rings (SSSR count). The van der Waals surface area contributed by atoms with E-state index in [-0.39, 0.29) is 11.3 Å². The summed E-state index contributed by atoms with van der Waals surface area (Å²) in [6, 6.07) is 3.29. The highest BCUT2D eigenvalue weighted by Gasteiger charge is 2.42. The van der Waals surface area contributed by atoms with Crippen molar-refractivity contribution in [2.45, 2.75) is 19.3 Å². The molecule has 0 aliphatic heterocycles. The summed E-state index contributed by atoms with van der Waals surface area (Å²) in [6.45, 7) is 0. The SMILES string of the molecule is COc1cc(NC(=O)CC2(CS)CC2)c(OC)cc1Cl. The Labute approximate surface area is 129 Å². The molecule has 4 nitrogen and oxygen atoms in total. The summed E-state index contributed by atoms with van der Waals surface area (Å²) in [6.07, 6.45) is 2.60. The molecule has 0 aromatic heterocycles. The molecule has 6 heteroatoms. The van der Waals surface area contributed by atoms with Gasteiger partial charge in [0, 0.05) is 18.6 Å². The van der Waals surface area contributed by atoms with Crippen LogP contribution in [0.5, 0.6) is 11.5 Å². The minimum absolute atomic E-state index is 0.0424. The molecular formula is C14H18ClNO3S. The summed E-state index contributed by atoms with van der Waals surface area (Å²) < 4.78 is 10.4. The molecule has 1 saturated carbocycles. The van der Waals surface area contributed by atoms with E-state index in [1.165, 1.54) is 14.2 Å². The predicted molar refractivity (Wildman–Crippen MR) is 83.3 cm³/mol. The Kier molecular flexibility index (Phi) is 4.70. The Morgan fingerprint density at radius 3 is 2.50 bits per heavy atom. The van der Waals surface area contributed by atoms with Crippen molar-refractivity contribution in [1.29, 1.82) is 0 Å². The minimum Gasteiger partial charge on any atom is -0.495 e. The Hall–Kier alpha value is -1.07. The fourth-order valence-corrected chi connectivity index (χ4v) is 2.72. The summed E-state index contributed by atoms with van der Waals surface area (Å²) in [4.78, 5) is 12.1. The number of thiol groups is 1. The van der Waals surface area contributed by atoms with E-state index in [1.807, 2.05) is 0 Å². The minimum atomic E-state index is -0.0424. The number of halogens is 1. The van der Waals surface area contributed by atoms with Gasteiger partial charge in [-0.2, -0.15) is 12.6 Å². The molecule has 1 aliphatic rings. The quantitative estimate of drug-likeness (QED) is 0.791. The molecule has 1 amide bonds. The van der Waals surface area contributed by atoms with Gasteiger partial charge in [0.1, 0.15) is 11.5 Å². The number of amides is 1.